The number of thiazole rings is 1. The van der Waals surface area contributed by atoms with Gasteiger partial charge in [0.25, 0.3) is 10.0 Å². The van der Waals surface area contributed by atoms with Gasteiger partial charge >= 0.3 is 0 Å². The molecule has 0 radical (unpaired) electrons. The fourth-order valence-electron chi connectivity index (χ4n) is 2.61. The minimum atomic E-state index is -3.88. The van der Waals surface area contributed by atoms with E-state index in [0.29, 0.717) is 20.6 Å². The van der Waals surface area contributed by atoms with Crippen molar-refractivity contribution in [3.05, 3.63) is 64.1 Å². The van der Waals surface area contributed by atoms with Crippen molar-refractivity contribution in [2.45, 2.75) is 11.8 Å². The highest BCUT2D eigenvalue weighted by atomic mass is 79.9. The van der Waals surface area contributed by atoms with Crippen LogP contribution in [0.1, 0.15) is 5.56 Å². The summed E-state index contributed by atoms with van der Waals surface area (Å²) in [6.45, 7) is 1.88. The minimum absolute atomic E-state index is 0.137. The topological polar surface area (TPSA) is 64.8 Å². The molecule has 3 aromatic heterocycles. The van der Waals surface area contributed by atoms with E-state index < -0.39 is 15.8 Å². The van der Waals surface area contributed by atoms with E-state index in [1.807, 2.05) is 6.92 Å². The average Bonchev–Trinajstić information content (AvgIpc) is 3.18. The molecular weight excluding hydrogens is 441 g/mol. The number of aryl methyl sites for hydroxylation is 1. The zero-order valence-electron chi connectivity index (χ0n) is 13.3. The molecule has 0 saturated heterocycles. The van der Waals surface area contributed by atoms with Crippen LogP contribution in [0.3, 0.4) is 0 Å². The highest BCUT2D eigenvalue weighted by Crippen LogP contribution is 2.35. The maximum Gasteiger partial charge on any atom is 0.269 e. The molecule has 0 atom stereocenters. The van der Waals surface area contributed by atoms with Gasteiger partial charge in [-0.15, -0.1) is 11.3 Å². The van der Waals surface area contributed by atoms with E-state index in [2.05, 4.69) is 25.9 Å². The number of nitrogens with zero attached hydrogens (tertiary/aromatic N) is 3. The number of halogens is 2. The first kappa shape index (κ1) is 17.3. The quantitative estimate of drug-likeness (QED) is 0.456. The molecule has 9 heteroatoms. The Kier molecular flexibility index (Phi) is 4.17. The SMILES string of the molecule is Cc1ccc(S(=O)(=O)n2cc(-c3nc(Br)cs3)c3cc(F)cnc32)cc1. The molecule has 132 valence electrons. The van der Waals surface area contributed by atoms with Crippen LogP contribution in [0.4, 0.5) is 4.39 Å². The Balaban J connectivity index is 2.00. The number of hydrogen-bond donors (Lipinski definition) is 0. The van der Waals surface area contributed by atoms with Gasteiger partial charge in [-0.3, -0.25) is 0 Å². The van der Waals surface area contributed by atoms with E-state index in [1.165, 1.54) is 23.6 Å². The van der Waals surface area contributed by atoms with E-state index in [9.17, 15) is 12.8 Å². The zero-order chi connectivity index (χ0) is 18.5. The Morgan fingerprint density at radius 1 is 1.23 bits per heavy atom. The summed E-state index contributed by atoms with van der Waals surface area (Å²) in [5, 5.41) is 2.74. The first-order valence-electron chi connectivity index (χ1n) is 7.46. The van der Waals surface area contributed by atoms with Gasteiger partial charge in [-0.1, -0.05) is 17.7 Å². The van der Waals surface area contributed by atoms with Crippen molar-refractivity contribution in [3.63, 3.8) is 0 Å². The highest BCUT2D eigenvalue weighted by molar-refractivity contribution is 9.10. The molecule has 0 unspecified atom stereocenters. The lowest BCUT2D eigenvalue weighted by atomic mass is 10.2. The molecule has 0 N–H and O–H groups in total. The molecule has 0 bridgehead atoms. The van der Waals surface area contributed by atoms with Crippen molar-refractivity contribution < 1.29 is 12.8 Å². The van der Waals surface area contributed by atoms with Crippen molar-refractivity contribution in [2.24, 2.45) is 0 Å². The molecule has 5 nitrogen and oxygen atoms in total. The lowest BCUT2D eigenvalue weighted by molar-refractivity contribution is 0.588. The van der Waals surface area contributed by atoms with E-state index in [4.69, 9.17) is 0 Å². The summed E-state index contributed by atoms with van der Waals surface area (Å²) in [6, 6.07) is 7.81. The minimum Gasteiger partial charge on any atom is -0.234 e. The van der Waals surface area contributed by atoms with E-state index >= 15 is 0 Å². The van der Waals surface area contributed by atoms with Gasteiger partial charge in [0.2, 0.25) is 0 Å². The van der Waals surface area contributed by atoms with Crippen molar-refractivity contribution >= 4 is 48.3 Å². The number of aromatic nitrogens is 3. The highest BCUT2D eigenvalue weighted by Gasteiger charge is 2.24. The van der Waals surface area contributed by atoms with Gasteiger partial charge in [0.1, 0.15) is 15.4 Å². The van der Waals surface area contributed by atoms with Crippen LogP contribution in [-0.4, -0.2) is 22.4 Å². The lowest BCUT2D eigenvalue weighted by Gasteiger charge is -2.07. The predicted octanol–water partition coefficient (Wildman–Crippen LogP) is 4.61. The average molecular weight is 452 g/mol. The summed E-state index contributed by atoms with van der Waals surface area (Å²) < 4.78 is 41.7. The van der Waals surface area contributed by atoms with Gasteiger partial charge < -0.3 is 0 Å². The molecule has 0 aliphatic heterocycles. The van der Waals surface area contributed by atoms with Crippen molar-refractivity contribution in [1.82, 2.24) is 13.9 Å². The number of benzene rings is 1. The Hall–Kier alpha value is -2.10. The normalized spacial score (nSPS) is 12.0. The third-order valence-electron chi connectivity index (χ3n) is 3.86. The number of rotatable bonds is 3. The van der Waals surface area contributed by atoms with Crippen LogP contribution in [0.15, 0.2) is 57.6 Å². The number of fused-ring (bicyclic) bond motifs is 1. The van der Waals surface area contributed by atoms with Crippen LogP contribution in [0, 0.1) is 12.7 Å². The van der Waals surface area contributed by atoms with Crippen LogP contribution in [0.25, 0.3) is 21.6 Å². The van der Waals surface area contributed by atoms with Crippen LogP contribution in [0.2, 0.25) is 0 Å². The molecule has 0 aliphatic rings. The fourth-order valence-corrected chi connectivity index (χ4v) is 5.21. The third-order valence-corrected chi connectivity index (χ3v) is 7.11. The van der Waals surface area contributed by atoms with E-state index in [-0.39, 0.29) is 10.5 Å². The smallest absolute Gasteiger partial charge is 0.234 e. The molecule has 0 aliphatic carbocycles. The molecule has 0 amide bonds. The second-order valence-electron chi connectivity index (χ2n) is 5.66. The molecule has 26 heavy (non-hydrogen) atoms. The van der Waals surface area contributed by atoms with Crippen LogP contribution >= 0.6 is 27.3 Å². The van der Waals surface area contributed by atoms with E-state index in [1.54, 1.807) is 29.6 Å². The summed E-state index contributed by atoms with van der Waals surface area (Å²) in [6.07, 6.45) is 2.45. The number of hydrogen-bond acceptors (Lipinski definition) is 5. The van der Waals surface area contributed by atoms with Crippen LogP contribution in [0.5, 0.6) is 0 Å². The molecular formula is C17H11BrFN3O2S2. The Morgan fingerprint density at radius 3 is 2.62 bits per heavy atom. The molecule has 0 saturated carbocycles. The third kappa shape index (κ3) is 2.85. The van der Waals surface area contributed by atoms with Crippen molar-refractivity contribution in [1.29, 1.82) is 0 Å². The molecule has 1 aromatic carbocycles. The molecule has 4 rings (SSSR count). The molecule has 4 aromatic rings. The monoisotopic (exact) mass is 451 g/mol. The maximum atomic E-state index is 13.8. The van der Waals surface area contributed by atoms with E-state index in [0.717, 1.165) is 15.7 Å². The van der Waals surface area contributed by atoms with Crippen LogP contribution in [-0.2, 0) is 10.0 Å². The lowest BCUT2D eigenvalue weighted by Crippen LogP contribution is -2.12. The number of pyridine rings is 1. The summed E-state index contributed by atoms with van der Waals surface area (Å²) in [7, 11) is -3.88. The molecule has 0 spiro atoms. The molecule has 3 heterocycles. The summed E-state index contributed by atoms with van der Waals surface area (Å²) in [4.78, 5) is 8.47. The van der Waals surface area contributed by atoms with Crippen LogP contribution < -0.4 is 0 Å². The zero-order valence-corrected chi connectivity index (χ0v) is 16.6. The summed E-state index contributed by atoms with van der Waals surface area (Å²) >= 11 is 4.61. The molecule has 0 fully saturated rings. The summed E-state index contributed by atoms with van der Waals surface area (Å²) in [5.41, 5.74) is 1.63. The largest absolute Gasteiger partial charge is 0.269 e. The van der Waals surface area contributed by atoms with Gasteiger partial charge in [0, 0.05) is 22.5 Å². The van der Waals surface area contributed by atoms with Gasteiger partial charge in [0.05, 0.1) is 11.1 Å². The van der Waals surface area contributed by atoms with Gasteiger partial charge in [0.15, 0.2) is 5.65 Å². The second-order valence-corrected chi connectivity index (χ2v) is 9.14. The second kappa shape index (κ2) is 6.26. The predicted molar refractivity (Wildman–Crippen MR) is 102 cm³/mol. The Morgan fingerprint density at radius 2 is 1.96 bits per heavy atom. The van der Waals surface area contributed by atoms with Crippen molar-refractivity contribution in [3.8, 4) is 10.6 Å². The fraction of sp³-hybridized carbons (Fsp3) is 0.0588. The maximum absolute atomic E-state index is 13.8. The Labute approximate surface area is 161 Å². The standard InChI is InChI=1S/C17H11BrFN3O2S2/c1-10-2-4-12(5-3-10)26(23,24)22-8-14(17-21-15(18)9-25-17)13-6-11(19)7-20-16(13)22/h2-9H,1H3. The first-order valence-corrected chi connectivity index (χ1v) is 10.6. The Bertz CT molecular complexity index is 1230. The van der Waals surface area contributed by atoms with Gasteiger partial charge in [-0.25, -0.2) is 26.7 Å². The van der Waals surface area contributed by atoms with Crippen molar-refractivity contribution in [2.75, 3.05) is 0 Å². The van der Waals surface area contributed by atoms with Gasteiger partial charge in [-0.2, -0.15) is 0 Å². The van der Waals surface area contributed by atoms with Gasteiger partial charge in [-0.05, 0) is 41.1 Å². The summed E-state index contributed by atoms with van der Waals surface area (Å²) in [5.74, 6) is -0.542. The first-order chi connectivity index (χ1) is 12.4.